The van der Waals surface area contributed by atoms with E-state index in [0.717, 1.165) is 22.5 Å². The van der Waals surface area contributed by atoms with Crippen molar-refractivity contribution in [3.05, 3.63) is 68.9 Å². The Morgan fingerprint density at radius 2 is 1.91 bits per heavy atom. The summed E-state index contributed by atoms with van der Waals surface area (Å²) in [4.78, 5) is 15.1. The van der Waals surface area contributed by atoms with Crippen LogP contribution in [0.1, 0.15) is 25.0 Å². The lowest BCUT2D eigenvalue weighted by Crippen LogP contribution is -2.30. The van der Waals surface area contributed by atoms with Crippen molar-refractivity contribution in [2.75, 3.05) is 18.5 Å². The second-order valence-electron chi connectivity index (χ2n) is 6.96. The van der Waals surface area contributed by atoms with Crippen LogP contribution in [0.2, 0.25) is 5.15 Å². The molecule has 0 saturated heterocycles. The third-order valence-corrected chi connectivity index (χ3v) is 7.20. The summed E-state index contributed by atoms with van der Waals surface area (Å²) in [7, 11) is -3.83. The zero-order chi connectivity index (χ0) is 23.5. The maximum atomic E-state index is 12.7. The van der Waals surface area contributed by atoms with Gasteiger partial charge in [0.05, 0.1) is 21.6 Å². The highest BCUT2D eigenvalue weighted by Gasteiger charge is 2.25. The minimum atomic E-state index is -3.83. The number of sulfonamides is 1. The van der Waals surface area contributed by atoms with E-state index in [0.29, 0.717) is 5.56 Å². The number of pyridine rings is 1. The zero-order valence-corrected chi connectivity index (χ0v) is 19.3. The number of nitrogens with zero attached hydrogens (tertiary/aromatic N) is 4. The van der Waals surface area contributed by atoms with Crippen LogP contribution in [0.25, 0.3) is 10.9 Å². The third kappa shape index (κ3) is 4.87. The second-order valence-corrected chi connectivity index (χ2v) is 9.26. The number of nitrogens with one attached hydrogen (secondary N) is 1. The number of anilines is 1. The van der Waals surface area contributed by atoms with Gasteiger partial charge in [-0.3, -0.25) is 15.5 Å². The number of aryl methyl sites for hydroxylation is 1. The van der Waals surface area contributed by atoms with E-state index in [9.17, 15) is 18.5 Å². The first-order valence-electron chi connectivity index (χ1n) is 9.82. The number of halogens is 1. The molecule has 0 aliphatic carbocycles. The molecule has 9 nitrogen and oxygen atoms in total. The summed E-state index contributed by atoms with van der Waals surface area (Å²) in [5, 5.41) is 16.7. The van der Waals surface area contributed by atoms with Gasteiger partial charge in [-0.05, 0) is 36.8 Å². The molecule has 11 heteroatoms. The summed E-state index contributed by atoms with van der Waals surface area (Å²) in [6.07, 6.45) is 1.40. The van der Waals surface area contributed by atoms with Crippen LogP contribution in [0.4, 0.5) is 11.4 Å². The summed E-state index contributed by atoms with van der Waals surface area (Å²) in [5.41, 5.74) is 4.57. The van der Waals surface area contributed by atoms with Crippen molar-refractivity contribution in [3.8, 4) is 0 Å². The molecule has 0 unspecified atom stereocenters. The number of fused-ring (bicyclic) bond motifs is 1. The summed E-state index contributed by atoms with van der Waals surface area (Å²) in [6, 6.07) is 11.2. The molecule has 32 heavy (non-hydrogen) atoms. The third-order valence-electron chi connectivity index (χ3n) is 4.85. The van der Waals surface area contributed by atoms with Crippen molar-refractivity contribution in [1.29, 1.82) is 0 Å². The van der Waals surface area contributed by atoms with Crippen LogP contribution in [-0.2, 0) is 10.0 Å². The summed E-state index contributed by atoms with van der Waals surface area (Å²) in [6.45, 7) is 5.88. The molecule has 1 heterocycles. The van der Waals surface area contributed by atoms with Gasteiger partial charge in [-0.15, -0.1) is 0 Å². The number of nitro benzene ring substituents is 1. The number of hydrogen-bond acceptors (Lipinski definition) is 7. The van der Waals surface area contributed by atoms with Gasteiger partial charge in [-0.1, -0.05) is 37.6 Å². The van der Waals surface area contributed by atoms with Crippen LogP contribution < -0.4 is 5.43 Å². The Hall–Kier alpha value is -3.08. The van der Waals surface area contributed by atoms with Gasteiger partial charge >= 0.3 is 0 Å². The lowest BCUT2D eigenvalue weighted by atomic mass is 10.1. The van der Waals surface area contributed by atoms with Gasteiger partial charge in [0.2, 0.25) is 10.0 Å². The highest BCUT2D eigenvalue weighted by Crippen LogP contribution is 2.29. The topological polar surface area (TPSA) is 118 Å². The van der Waals surface area contributed by atoms with Gasteiger partial charge in [0.25, 0.3) is 5.69 Å². The summed E-state index contributed by atoms with van der Waals surface area (Å²) in [5.74, 6) is 0. The summed E-state index contributed by atoms with van der Waals surface area (Å²) >= 11 is 6.24. The number of rotatable bonds is 8. The molecule has 0 aliphatic heterocycles. The maximum Gasteiger partial charge on any atom is 0.295 e. The number of nitro groups is 1. The largest absolute Gasteiger partial charge is 0.295 e. The Balaban J connectivity index is 1.90. The minimum absolute atomic E-state index is 0.0465. The molecule has 1 N–H and O–H groups in total. The number of hydrazone groups is 1. The standard InChI is InChI=1S/C21H22ClN5O4S/c1-4-26(5-2)32(30,31)17-8-9-18(20(12-17)27(28)29)25-23-13-16-11-15-7-6-14(3)10-19(15)24-21(16)22/h6-13,25H,4-5H2,1-3H3/b23-13+. The van der Waals surface area contributed by atoms with Crippen molar-refractivity contribution < 1.29 is 13.3 Å². The van der Waals surface area contributed by atoms with Crippen LogP contribution in [0.5, 0.6) is 0 Å². The molecular formula is C21H22ClN5O4S. The second kappa shape index (κ2) is 9.60. The van der Waals surface area contributed by atoms with E-state index in [-0.39, 0.29) is 28.8 Å². The van der Waals surface area contributed by atoms with Gasteiger partial charge in [0.1, 0.15) is 10.8 Å². The van der Waals surface area contributed by atoms with E-state index >= 15 is 0 Å². The SMILES string of the molecule is CCN(CC)S(=O)(=O)c1ccc(N/N=C/c2cc3ccc(C)cc3nc2Cl)c([N+](=O)[O-])c1. The Morgan fingerprint density at radius 3 is 2.56 bits per heavy atom. The summed E-state index contributed by atoms with van der Waals surface area (Å²) < 4.78 is 26.6. The van der Waals surface area contributed by atoms with Crippen molar-refractivity contribution in [3.63, 3.8) is 0 Å². The highest BCUT2D eigenvalue weighted by atomic mass is 35.5. The van der Waals surface area contributed by atoms with Crippen LogP contribution in [-0.4, -0.2) is 41.9 Å². The first-order valence-corrected chi connectivity index (χ1v) is 11.6. The van der Waals surface area contributed by atoms with Gasteiger partial charge in [0.15, 0.2) is 0 Å². The Morgan fingerprint density at radius 1 is 1.19 bits per heavy atom. The van der Waals surface area contributed by atoms with Gasteiger partial charge in [-0.2, -0.15) is 9.41 Å². The Labute approximate surface area is 190 Å². The van der Waals surface area contributed by atoms with Crippen molar-refractivity contribution in [2.45, 2.75) is 25.7 Å². The molecule has 3 rings (SSSR count). The van der Waals surface area contributed by atoms with Gasteiger partial charge in [0, 0.05) is 30.1 Å². The van der Waals surface area contributed by atoms with Gasteiger partial charge in [-0.25, -0.2) is 13.4 Å². The van der Waals surface area contributed by atoms with Crippen molar-refractivity contribution in [2.24, 2.45) is 5.10 Å². The van der Waals surface area contributed by atoms with Crippen molar-refractivity contribution in [1.82, 2.24) is 9.29 Å². The van der Waals surface area contributed by atoms with E-state index in [4.69, 9.17) is 11.6 Å². The predicted octanol–water partition coefficient (Wildman–Crippen LogP) is 4.58. The first-order chi connectivity index (χ1) is 15.2. The van der Waals surface area contributed by atoms with E-state index in [1.54, 1.807) is 13.8 Å². The maximum absolute atomic E-state index is 12.7. The number of benzene rings is 2. The van der Waals surface area contributed by atoms with Crippen LogP contribution in [0.3, 0.4) is 0 Å². The van der Waals surface area contributed by atoms with E-state index < -0.39 is 20.6 Å². The fourth-order valence-corrected chi connectivity index (χ4v) is 4.83. The number of hydrogen-bond donors (Lipinski definition) is 1. The van der Waals surface area contributed by atoms with Crippen LogP contribution >= 0.6 is 11.6 Å². The average Bonchev–Trinajstić information content (AvgIpc) is 2.74. The molecule has 0 saturated carbocycles. The minimum Gasteiger partial charge on any atom is -0.272 e. The molecule has 0 atom stereocenters. The fourth-order valence-electron chi connectivity index (χ4n) is 3.16. The molecule has 2 aromatic carbocycles. The number of aromatic nitrogens is 1. The fraction of sp³-hybridized carbons (Fsp3) is 0.238. The zero-order valence-electron chi connectivity index (χ0n) is 17.7. The molecule has 0 amide bonds. The van der Waals surface area contributed by atoms with Gasteiger partial charge < -0.3 is 0 Å². The molecule has 0 spiro atoms. The molecule has 168 valence electrons. The van der Waals surface area contributed by atoms with Crippen LogP contribution in [0.15, 0.2) is 52.5 Å². The normalized spacial score (nSPS) is 12.0. The average molecular weight is 476 g/mol. The van der Waals surface area contributed by atoms with E-state index in [1.807, 2.05) is 31.2 Å². The molecule has 0 fully saturated rings. The molecule has 3 aromatic rings. The lowest BCUT2D eigenvalue weighted by Gasteiger charge is -2.18. The Bertz CT molecular complexity index is 1310. The highest BCUT2D eigenvalue weighted by molar-refractivity contribution is 7.89. The van der Waals surface area contributed by atoms with E-state index in [2.05, 4.69) is 15.5 Å². The molecule has 1 aromatic heterocycles. The molecular weight excluding hydrogens is 454 g/mol. The lowest BCUT2D eigenvalue weighted by molar-refractivity contribution is -0.384. The van der Waals surface area contributed by atoms with E-state index in [1.165, 1.54) is 22.7 Å². The predicted molar refractivity (Wildman–Crippen MR) is 126 cm³/mol. The molecule has 0 aliphatic rings. The molecule has 0 radical (unpaired) electrons. The monoisotopic (exact) mass is 475 g/mol. The first kappa shape index (κ1) is 23.6. The van der Waals surface area contributed by atoms with Crippen molar-refractivity contribution >= 4 is 50.1 Å². The van der Waals surface area contributed by atoms with Crippen LogP contribution in [0, 0.1) is 17.0 Å². The molecule has 0 bridgehead atoms. The smallest absolute Gasteiger partial charge is 0.272 e. The Kier molecular flexibility index (Phi) is 7.07. The quantitative estimate of drug-likeness (QED) is 0.220.